The number of likely N-dealkylation sites (tertiary alicyclic amines) is 1. The highest BCUT2D eigenvalue weighted by Gasteiger charge is 2.29. The Kier molecular flexibility index (Phi) is 7.12. The molecule has 186 valence electrons. The highest BCUT2D eigenvalue weighted by Crippen LogP contribution is 2.39. The maximum Gasteiger partial charge on any atom is 0.322 e. The van der Waals surface area contributed by atoms with Crippen LogP contribution in [0.5, 0.6) is 11.8 Å². The Labute approximate surface area is 218 Å². The molecule has 2 aromatic heterocycles. The lowest BCUT2D eigenvalue weighted by atomic mass is 9.89. The van der Waals surface area contributed by atoms with Crippen LogP contribution in [0.25, 0.3) is 22.5 Å². The number of piperidine rings is 1. The summed E-state index contributed by atoms with van der Waals surface area (Å²) < 4.78 is 5.87. The number of carbonyl (C=O) groups is 1. The van der Waals surface area contributed by atoms with E-state index >= 15 is 0 Å². The molecule has 5 rings (SSSR count). The topological polar surface area (TPSA) is 128 Å². The van der Waals surface area contributed by atoms with Crippen LogP contribution in [0.2, 0.25) is 5.02 Å². The SMILES string of the molecule is N#Cc1cccc(Oc2nccc(-c3c(-c4ccc(Cl)cc4)n[nH]c3C3CCN(C(=O)CO)CC3)n2)c1. The van der Waals surface area contributed by atoms with Crippen molar-refractivity contribution in [3.63, 3.8) is 0 Å². The van der Waals surface area contributed by atoms with Crippen LogP contribution in [0.15, 0.2) is 60.8 Å². The lowest BCUT2D eigenvalue weighted by Crippen LogP contribution is -2.39. The number of amides is 1. The van der Waals surface area contributed by atoms with Gasteiger partial charge in [-0.25, -0.2) is 4.98 Å². The second kappa shape index (κ2) is 10.8. The first-order valence-electron chi connectivity index (χ1n) is 11.8. The van der Waals surface area contributed by atoms with Gasteiger partial charge in [-0.1, -0.05) is 29.8 Å². The predicted molar refractivity (Wildman–Crippen MR) is 137 cm³/mol. The van der Waals surface area contributed by atoms with Crippen LogP contribution < -0.4 is 4.74 Å². The Morgan fingerprint density at radius 1 is 1.19 bits per heavy atom. The smallest absolute Gasteiger partial charge is 0.322 e. The van der Waals surface area contributed by atoms with Crippen LogP contribution in [0, 0.1) is 11.3 Å². The van der Waals surface area contributed by atoms with Crippen LogP contribution in [-0.4, -0.2) is 55.8 Å². The number of nitrogens with one attached hydrogen (secondary N) is 1. The fourth-order valence-corrected chi connectivity index (χ4v) is 4.63. The summed E-state index contributed by atoms with van der Waals surface area (Å²) in [5, 5.41) is 26.9. The van der Waals surface area contributed by atoms with Crippen molar-refractivity contribution in [2.24, 2.45) is 0 Å². The molecule has 1 saturated heterocycles. The minimum Gasteiger partial charge on any atom is -0.424 e. The zero-order valence-electron chi connectivity index (χ0n) is 19.8. The number of carbonyl (C=O) groups excluding carboxylic acids is 1. The summed E-state index contributed by atoms with van der Waals surface area (Å²) in [5.41, 5.74) is 4.43. The maximum atomic E-state index is 11.9. The molecule has 1 aliphatic heterocycles. The van der Waals surface area contributed by atoms with Crippen LogP contribution in [0.1, 0.15) is 30.0 Å². The molecule has 10 heteroatoms. The Morgan fingerprint density at radius 3 is 2.70 bits per heavy atom. The number of nitrogens with zero attached hydrogens (tertiary/aromatic N) is 5. The molecule has 37 heavy (non-hydrogen) atoms. The second-order valence-corrected chi connectivity index (χ2v) is 9.08. The summed E-state index contributed by atoms with van der Waals surface area (Å²) in [6.07, 6.45) is 3.06. The van der Waals surface area contributed by atoms with E-state index in [1.807, 2.05) is 24.3 Å². The molecule has 4 aromatic rings. The van der Waals surface area contributed by atoms with Gasteiger partial charge in [-0.05, 0) is 49.2 Å². The lowest BCUT2D eigenvalue weighted by molar-refractivity contribution is -0.135. The van der Waals surface area contributed by atoms with Crippen molar-refractivity contribution in [3.8, 4) is 40.3 Å². The van der Waals surface area contributed by atoms with E-state index in [1.165, 1.54) is 0 Å². The van der Waals surface area contributed by atoms with Gasteiger partial charge in [-0.3, -0.25) is 9.89 Å². The third kappa shape index (κ3) is 5.31. The molecule has 1 amide bonds. The summed E-state index contributed by atoms with van der Waals surface area (Å²) in [6.45, 7) is 0.611. The van der Waals surface area contributed by atoms with Gasteiger partial charge in [0, 0.05) is 47.0 Å². The van der Waals surface area contributed by atoms with Gasteiger partial charge in [0.1, 0.15) is 18.1 Å². The standard InChI is InChI=1S/C27H23ClN6O3/c28-20-6-4-18(5-7-20)25-24(26(33-32-25)19-9-12-34(13-10-19)23(36)16-35)22-8-11-30-27(31-22)37-21-3-1-2-17(14-21)15-29/h1-8,11,14,19,35H,9-10,12-13,16H2,(H,32,33). The molecule has 0 saturated carbocycles. The van der Waals surface area contributed by atoms with E-state index in [0.717, 1.165) is 35.4 Å². The number of aliphatic hydroxyl groups excluding tert-OH is 1. The lowest BCUT2D eigenvalue weighted by Gasteiger charge is -2.31. The van der Waals surface area contributed by atoms with Crippen molar-refractivity contribution < 1.29 is 14.6 Å². The molecule has 0 radical (unpaired) electrons. The van der Waals surface area contributed by atoms with Gasteiger partial charge in [-0.15, -0.1) is 0 Å². The Bertz CT molecular complexity index is 1460. The Balaban J connectivity index is 1.52. The zero-order chi connectivity index (χ0) is 25.8. The fraction of sp³-hybridized carbons (Fsp3) is 0.222. The van der Waals surface area contributed by atoms with Crippen molar-refractivity contribution in [2.45, 2.75) is 18.8 Å². The van der Waals surface area contributed by atoms with Crippen molar-refractivity contribution in [2.75, 3.05) is 19.7 Å². The summed E-state index contributed by atoms with van der Waals surface area (Å²) in [7, 11) is 0. The first-order valence-corrected chi connectivity index (χ1v) is 12.2. The minimum absolute atomic E-state index is 0.109. The predicted octanol–water partition coefficient (Wildman–Crippen LogP) is 4.55. The molecule has 0 unspecified atom stereocenters. The summed E-state index contributed by atoms with van der Waals surface area (Å²) in [6, 6.07) is 18.3. The fourth-order valence-electron chi connectivity index (χ4n) is 4.51. The molecule has 1 fully saturated rings. The van der Waals surface area contributed by atoms with E-state index in [9.17, 15) is 15.2 Å². The monoisotopic (exact) mass is 514 g/mol. The van der Waals surface area contributed by atoms with Crippen molar-refractivity contribution >= 4 is 17.5 Å². The second-order valence-electron chi connectivity index (χ2n) is 8.65. The molecular weight excluding hydrogens is 492 g/mol. The highest BCUT2D eigenvalue weighted by molar-refractivity contribution is 6.30. The average molecular weight is 515 g/mol. The van der Waals surface area contributed by atoms with Gasteiger partial charge >= 0.3 is 6.01 Å². The van der Waals surface area contributed by atoms with Gasteiger partial charge in [0.15, 0.2) is 0 Å². The number of nitriles is 1. The summed E-state index contributed by atoms with van der Waals surface area (Å²) >= 11 is 6.12. The third-order valence-corrected chi connectivity index (χ3v) is 6.62. The number of halogens is 1. The van der Waals surface area contributed by atoms with E-state index in [-0.39, 0.29) is 17.8 Å². The van der Waals surface area contributed by atoms with E-state index in [1.54, 1.807) is 41.4 Å². The molecular formula is C27H23ClN6O3. The number of aliphatic hydroxyl groups is 1. The number of aromatic nitrogens is 4. The van der Waals surface area contributed by atoms with Crippen LogP contribution in [-0.2, 0) is 4.79 Å². The quantitative estimate of drug-likeness (QED) is 0.386. The summed E-state index contributed by atoms with van der Waals surface area (Å²) in [5.74, 6) is 0.309. The number of aromatic amines is 1. The molecule has 1 aliphatic rings. The van der Waals surface area contributed by atoms with Crippen molar-refractivity contribution in [3.05, 3.63) is 77.1 Å². The molecule has 9 nitrogen and oxygen atoms in total. The molecule has 0 spiro atoms. The maximum absolute atomic E-state index is 11.9. The molecule has 0 aliphatic carbocycles. The number of H-pyrrole nitrogens is 1. The van der Waals surface area contributed by atoms with Gasteiger partial charge in [0.05, 0.1) is 17.3 Å². The first kappa shape index (κ1) is 24.4. The largest absolute Gasteiger partial charge is 0.424 e. The van der Waals surface area contributed by atoms with Gasteiger partial charge < -0.3 is 14.7 Å². The molecule has 0 bridgehead atoms. The van der Waals surface area contributed by atoms with Crippen LogP contribution in [0.3, 0.4) is 0 Å². The van der Waals surface area contributed by atoms with E-state index in [0.29, 0.717) is 35.1 Å². The first-order chi connectivity index (χ1) is 18.1. The van der Waals surface area contributed by atoms with E-state index in [4.69, 9.17) is 16.3 Å². The van der Waals surface area contributed by atoms with E-state index < -0.39 is 6.61 Å². The van der Waals surface area contributed by atoms with Gasteiger partial charge in [0.2, 0.25) is 5.91 Å². The van der Waals surface area contributed by atoms with Crippen molar-refractivity contribution in [1.29, 1.82) is 5.26 Å². The molecule has 0 atom stereocenters. The number of hydrogen-bond donors (Lipinski definition) is 2. The van der Waals surface area contributed by atoms with Gasteiger partial charge in [0.25, 0.3) is 0 Å². The summed E-state index contributed by atoms with van der Waals surface area (Å²) in [4.78, 5) is 22.6. The number of ether oxygens (including phenoxy) is 1. The van der Waals surface area contributed by atoms with Crippen molar-refractivity contribution in [1.82, 2.24) is 25.1 Å². The molecule has 3 heterocycles. The van der Waals surface area contributed by atoms with E-state index in [2.05, 4.69) is 26.2 Å². The minimum atomic E-state index is -0.484. The van der Waals surface area contributed by atoms with Crippen LogP contribution >= 0.6 is 11.6 Å². The zero-order valence-corrected chi connectivity index (χ0v) is 20.5. The number of benzene rings is 2. The Hall–Kier alpha value is -4.26. The molecule has 2 N–H and O–H groups in total. The normalized spacial score (nSPS) is 13.8. The van der Waals surface area contributed by atoms with Gasteiger partial charge in [-0.2, -0.15) is 15.3 Å². The molecule has 2 aromatic carbocycles. The average Bonchev–Trinajstić information content (AvgIpc) is 3.38. The Morgan fingerprint density at radius 2 is 1.97 bits per heavy atom. The third-order valence-electron chi connectivity index (χ3n) is 6.37. The highest BCUT2D eigenvalue weighted by atomic mass is 35.5. The van der Waals surface area contributed by atoms with Crippen LogP contribution in [0.4, 0.5) is 0 Å². The number of hydrogen-bond acceptors (Lipinski definition) is 7. The number of rotatable bonds is 6.